The second-order valence-corrected chi connectivity index (χ2v) is 6.05. The van der Waals surface area contributed by atoms with E-state index in [-0.39, 0.29) is 5.92 Å². The molecular weight excluding hydrogens is 242 g/mol. The highest BCUT2D eigenvalue weighted by Crippen LogP contribution is 2.12. The summed E-state index contributed by atoms with van der Waals surface area (Å²) in [7, 11) is 0. The number of hydrogen-bond donors (Lipinski definition) is 0. The van der Waals surface area contributed by atoms with Gasteiger partial charge in [-0.2, -0.15) is 5.26 Å². The van der Waals surface area contributed by atoms with E-state index in [0.29, 0.717) is 0 Å². The Morgan fingerprint density at radius 1 is 0.800 bits per heavy atom. The second kappa shape index (κ2) is 16.3. The summed E-state index contributed by atoms with van der Waals surface area (Å²) in [4.78, 5) is 0. The molecule has 0 spiro atoms. The van der Waals surface area contributed by atoms with E-state index >= 15 is 0 Å². The lowest BCUT2D eigenvalue weighted by Gasteiger charge is -2.02. The molecule has 0 fully saturated rings. The fourth-order valence-electron chi connectivity index (χ4n) is 2.41. The zero-order valence-corrected chi connectivity index (χ0v) is 13.9. The summed E-state index contributed by atoms with van der Waals surface area (Å²) >= 11 is 0. The molecule has 0 radical (unpaired) electrons. The quantitative estimate of drug-likeness (QED) is 0.253. The number of rotatable bonds is 14. The molecular formula is C19H35N. The fraction of sp³-hybridized carbons (Fsp3) is 0.842. The Kier molecular flexibility index (Phi) is 15.7. The fourth-order valence-corrected chi connectivity index (χ4v) is 2.41. The summed E-state index contributed by atoms with van der Waals surface area (Å²) in [5, 5.41) is 8.68. The highest BCUT2D eigenvalue weighted by atomic mass is 14.3. The average molecular weight is 277 g/mol. The summed E-state index contributed by atoms with van der Waals surface area (Å²) in [6, 6.07) is 2.31. The van der Waals surface area contributed by atoms with Crippen LogP contribution in [0.3, 0.4) is 0 Å². The smallest absolute Gasteiger partial charge is 0.0652 e. The minimum atomic E-state index is 0.249. The van der Waals surface area contributed by atoms with E-state index in [0.717, 1.165) is 6.42 Å². The minimum absolute atomic E-state index is 0.249. The van der Waals surface area contributed by atoms with Crippen LogP contribution in [0.4, 0.5) is 0 Å². The molecule has 0 aromatic carbocycles. The summed E-state index contributed by atoms with van der Waals surface area (Å²) in [5.41, 5.74) is 0. The molecule has 0 N–H and O–H groups in total. The van der Waals surface area contributed by atoms with Gasteiger partial charge in [0.15, 0.2) is 0 Å². The predicted octanol–water partition coefficient (Wildman–Crippen LogP) is 6.79. The van der Waals surface area contributed by atoms with Gasteiger partial charge in [0.1, 0.15) is 0 Å². The molecule has 0 heterocycles. The van der Waals surface area contributed by atoms with E-state index in [9.17, 15) is 0 Å². The predicted molar refractivity (Wildman–Crippen MR) is 89.6 cm³/mol. The lowest BCUT2D eigenvalue weighted by molar-refractivity contribution is 0.539. The number of nitrogens with zero attached hydrogens (tertiary/aromatic N) is 1. The van der Waals surface area contributed by atoms with Gasteiger partial charge < -0.3 is 0 Å². The van der Waals surface area contributed by atoms with E-state index in [4.69, 9.17) is 5.26 Å². The van der Waals surface area contributed by atoms with Gasteiger partial charge in [-0.3, -0.25) is 0 Å². The molecule has 0 aromatic rings. The Balaban J connectivity index is 3.08. The summed E-state index contributed by atoms with van der Waals surface area (Å²) < 4.78 is 0. The first-order valence-electron chi connectivity index (χ1n) is 8.85. The highest BCUT2D eigenvalue weighted by Gasteiger charge is 1.98. The van der Waals surface area contributed by atoms with E-state index < -0.39 is 0 Å². The first-order valence-corrected chi connectivity index (χ1v) is 8.85. The van der Waals surface area contributed by atoms with E-state index in [1.807, 2.05) is 6.92 Å². The molecule has 0 aliphatic heterocycles. The number of nitriles is 1. The zero-order valence-electron chi connectivity index (χ0n) is 13.9. The molecule has 20 heavy (non-hydrogen) atoms. The van der Waals surface area contributed by atoms with Crippen LogP contribution in [-0.4, -0.2) is 0 Å². The van der Waals surface area contributed by atoms with Gasteiger partial charge in [0, 0.05) is 5.92 Å². The van der Waals surface area contributed by atoms with Crippen LogP contribution in [-0.2, 0) is 0 Å². The summed E-state index contributed by atoms with van der Waals surface area (Å²) in [6.07, 6.45) is 21.8. The van der Waals surface area contributed by atoms with Crippen molar-refractivity contribution in [2.75, 3.05) is 0 Å². The highest BCUT2D eigenvalue weighted by molar-refractivity contribution is 4.81. The Bertz CT molecular complexity index is 249. The Morgan fingerprint density at radius 2 is 1.30 bits per heavy atom. The van der Waals surface area contributed by atoms with Crippen molar-refractivity contribution >= 4 is 0 Å². The molecule has 0 rings (SSSR count). The van der Waals surface area contributed by atoms with Crippen LogP contribution in [0.5, 0.6) is 0 Å². The molecule has 116 valence electrons. The maximum absolute atomic E-state index is 8.68. The van der Waals surface area contributed by atoms with Gasteiger partial charge in [-0.25, -0.2) is 0 Å². The zero-order chi connectivity index (χ0) is 14.9. The molecule has 0 saturated heterocycles. The topological polar surface area (TPSA) is 23.8 Å². The first kappa shape index (κ1) is 19.2. The second-order valence-electron chi connectivity index (χ2n) is 6.05. The van der Waals surface area contributed by atoms with Crippen molar-refractivity contribution in [3.8, 4) is 6.07 Å². The third-order valence-electron chi connectivity index (χ3n) is 3.87. The Labute approximate surface area is 127 Å². The van der Waals surface area contributed by atoms with Gasteiger partial charge in [-0.05, 0) is 39.0 Å². The SMILES string of the molecule is CCCCCC=CCCCCCCCCCC(C)C#N. The van der Waals surface area contributed by atoms with Crippen molar-refractivity contribution in [1.82, 2.24) is 0 Å². The van der Waals surface area contributed by atoms with Gasteiger partial charge in [0.2, 0.25) is 0 Å². The minimum Gasteiger partial charge on any atom is -0.198 e. The Morgan fingerprint density at radius 3 is 1.85 bits per heavy atom. The van der Waals surface area contributed by atoms with Gasteiger partial charge in [-0.1, -0.05) is 70.4 Å². The van der Waals surface area contributed by atoms with Gasteiger partial charge in [0.25, 0.3) is 0 Å². The molecule has 0 bridgehead atoms. The van der Waals surface area contributed by atoms with Crippen molar-refractivity contribution in [2.24, 2.45) is 5.92 Å². The van der Waals surface area contributed by atoms with Crippen molar-refractivity contribution < 1.29 is 0 Å². The van der Waals surface area contributed by atoms with Crippen LogP contribution in [0.1, 0.15) is 97.3 Å². The number of allylic oxidation sites excluding steroid dienone is 2. The lowest BCUT2D eigenvalue weighted by atomic mass is 10.0. The van der Waals surface area contributed by atoms with Crippen LogP contribution < -0.4 is 0 Å². The van der Waals surface area contributed by atoms with Crippen LogP contribution in [0.15, 0.2) is 12.2 Å². The van der Waals surface area contributed by atoms with Crippen molar-refractivity contribution in [3.05, 3.63) is 12.2 Å². The van der Waals surface area contributed by atoms with Crippen LogP contribution in [0.25, 0.3) is 0 Å². The van der Waals surface area contributed by atoms with Gasteiger partial charge in [0.05, 0.1) is 6.07 Å². The molecule has 1 unspecified atom stereocenters. The van der Waals surface area contributed by atoms with Gasteiger partial charge >= 0.3 is 0 Å². The van der Waals surface area contributed by atoms with Crippen LogP contribution in [0.2, 0.25) is 0 Å². The third-order valence-corrected chi connectivity index (χ3v) is 3.87. The molecule has 0 aliphatic rings. The van der Waals surface area contributed by atoms with Crippen molar-refractivity contribution in [1.29, 1.82) is 5.26 Å². The Hall–Kier alpha value is -0.770. The van der Waals surface area contributed by atoms with E-state index in [2.05, 4.69) is 25.1 Å². The molecule has 0 amide bonds. The molecule has 0 aliphatic carbocycles. The van der Waals surface area contributed by atoms with Crippen molar-refractivity contribution in [2.45, 2.75) is 97.3 Å². The normalized spacial score (nSPS) is 12.7. The maximum atomic E-state index is 8.68. The summed E-state index contributed by atoms with van der Waals surface area (Å²) in [6.45, 7) is 4.28. The third kappa shape index (κ3) is 15.3. The molecule has 0 aromatic heterocycles. The van der Waals surface area contributed by atoms with E-state index in [1.165, 1.54) is 77.0 Å². The number of unbranched alkanes of at least 4 members (excludes halogenated alkanes) is 10. The largest absolute Gasteiger partial charge is 0.198 e. The van der Waals surface area contributed by atoms with Gasteiger partial charge in [-0.15, -0.1) is 0 Å². The van der Waals surface area contributed by atoms with Crippen molar-refractivity contribution in [3.63, 3.8) is 0 Å². The lowest BCUT2D eigenvalue weighted by Crippen LogP contribution is -1.89. The monoisotopic (exact) mass is 277 g/mol. The standard InChI is InChI=1S/C19H35N/c1-3-4-5-6-7-8-9-10-11-12-13-14-15-16-17-19(2)18-20/h7-8,19H,3-6,9-17H2,1-2H3. The first-order chi connectivity index (χ1) is 9.81. The molecule has 1 heteroatoms. The molecule has 0 saturated carbocycles. The van der Waals surface area contributed by atoms with Crippen LogP contribution in [0, 0.1) is 17.2 Å². The number of hydrogen-bond acceptors (Lipinski definition) is 1. The maximum Gasteiger partial charge on any atom is 0.0652 e. The summed E-state index contributed by atoms with van der Waals surface area (Å²) in [5.74, 6) is 0.249. The van der Waals surface area contributed by atoms with E-state index in [1.54, 1.807) is 0 Å². The molecule has 1 atom stereocenters. The average Bonchev–Trinajstić information content (AvgIpc) is 2.47. The molecule has 1 nitrogen and oxygen atoms in total. The van der Waals surface area contributed by atoms with Crippen LogP contribution >= 0.6 is 0 Å².